The highest BCUT2D eigenvalue weighted by Crippen LogP contribution is 2.23. The van der Waals surface area contributed by atoms with E-state index < -0.39 is 5.97 Å². The fraction of sp³-hybridized carbons (Fsp3) is 0.400. The fourth-order valence-electron chi connectivity index (χ4n) is 1.28. The van der Waals surface area contributed by atoms with Crippen LogP contribution in [0.25, 0.3) is 0 Å². The van der Waals surface area contributed by atoms with Crippen LogP contribution >= 0.6 is 11.8 Å². The van der Waals surface area contributed by atoms with E-state index in [0.29, 0.717) is 5.16 Å². The Morgan fingerprint density at radius 1 is 1.47 bits per heavy atom. The summed E-state index contributed by atoms with van der Waals surface area (Å²) in [7, 11) is 1.32. The summed E-state index contributed by atoms with van der Waals surface area (Å²) in [5.74, 6) is -0.411. The number of aromatic nitrogens is 6. The van der Waals surface area contributed by atoms with Gasteiger partial charge in [-0.25, -0.2) is 14.6 Å². The van der Waals surface area contributed by atoms with Gasteiger partial charge in [0.1, 0.15) is 17.9 Å². The molecular weight excluding hydrogens is 268 g/mol. The van der Waals surface area contributed by atoms with Crippen molar-refractivity contribution < 1.29 is 9.53 Å². The molecule has 0 aliphatic carbocycles. The number of tetrazole rings is 1. The van der Waals surface area contributed by atoms with Crippen LogP contribution in [0.4, 0.5) is 0 Å². The van der Waals surface area contributed by atoms with Crippen molar-refractivity contribution >= 4 is 17.7 Å². The third kappa shape index (κ3) is 3.47. The largest absolute Gasteiger partial charge is 0.468 e. The highest BCUT2D eigenvalue weighted by atomic mass is 32.2. The molecule has 100 valence electrons. The molecule has 19 heavy (non-hydrogen) atoms. The Kier molecular flexibility index (Phi) is 4.39. The van der Waals surface area contributed by atoms with Crippen LogP contribution in [-0.2, 0) is 22.5 Å². The summed E-state index contributed by atoms with van der Waals surface area (Å²) in [5.41, 5.74) is 0.935. The van der Waals surface area contributed by atoms with Crippen LogP contribution in [0.3, 0.4) is 0 Å². The van der Waals surface area contributed by atoms with Gasteiger partial charge in [0.25, 0.3) is 0 Å². The Balaban J connectivity index is 2.14. The number of ether oxygens (including phenoxy) is 1. The first-order chi connectivity index (χ1) is 9.22. The molecule has 0 aromatic carbocycles. The van der Waals surface area contributed by atoms with Gasteiger partial charge in [0.05, 0.1) is 7.11 Å². The molecule has 2 heterocycles. The van der Waals surface area contributed by atoms with Crippen LogP contribution in [0.1, 0.15) is 12.6 Å². The third-order valence-corrected chi connectivity index (χ3v) is 3.17. The topological polar surface area (TPSA) is 95.7 Å². The van der Waals surface area contributed by atoms with Crippen LogP contribution in [-0.4, -0.2) is 43.3 Å². The van der Waals surface area contributed by atoms with E-state index in [9.17, 15) is 4.79 Å². The molecule has 8 nitrogen and oxygen atoms in total. The van der Waals surface area contributed by atoms with Gasteiger partial charge in [0.2, 0.25) is 5.16 Å². The van der Waals surface area contributed by atoms with Gasteiger partial charge in [-0.2, -0.15) is 0 Å². The molecule has 0 radical (unpaired) electrons. The summed E-state index contributed by atoms with van der Waals surface area (Å²) in [6.45, 7) is 1.98. The van der Waals surface area contributed by atoms with Crippen molar-refractivity contribution in [3.8, 4) is 0 Å². The van der Waals surface area contributed by atoms with E-state index in [1.165, 1.54) is 29.9 Å². The normalized spacial score (nSPS) is 10.4. The molecular formula is C10H12N6O2S. The van der Waals surface area contributed by atoms with Crippen LogP contribution in [0.2, 0.25) is 0 Å². The molecule has 0 spiro atoms. The third-order valence-electron chi connectivity index (χ3n) is 2.26. The van der Waals surface area contributed by atoms with Gasteiger partial charge in [0, 0.05) is 5.69 Å². The number of hydrogen-bond donors (Lipinski definition) is 0. The van der Waals surface area contributed by atoms with E-state index in [-0.39, 0.29) is 6.54 Å². The van der Waals surface area contributed by atoms with Crippen molar-refractivity contribution in [1.82, 2.24) is 30.2 Å². The maximum absolute atomic E-state index is 11.2. The monoisotopic (exact) mass is 280 g/mol. The van der Waals surface area contributed by atoms with E-state index in [0.717, 1.165) is 17.1 Å². The molecule has 0 aliphatic heterocycles. The van der Waals surface area contributed by atoms with Gasteiger partial charge in [-0.1, -0.05) is 6.92 Å². The van der Waals surface area contributed by atoms with Gasteiger partial charge in [0.15, 0.2) is 0 Å². The number of nitrogens with zero attached hydrogens (tertiary/aromatic N) is 6. The second-order valence-corrected chi connectivity index (χ2v) is 4.49. The summed E-state index contributed by atoms with van der Waals surface area (Å²) in [6.07, 6.45) is 2.32. The molecule has 0 fully saturated rings. The van der Waals surface area contributed by atoms with E-state index in [2.05, 4.69) is 30.2 Å². The molecule has 9 heteroatoms. The molecule has 0 saturated heterocycles. The SMILES string of the molecule is CCc1cc(Sc2nnnn2CC(=O)OC)ncn1. The molecule has 0 bridgehead atoms. The Hall–Kier alpha value is -2.03. The minimum Gasteiger partial charge on any atom is -0.468 e. The Bertz CT molecular complexity index is 573. The number of carbonyl (C=O) groups excluding carboxylic acids is 1. The molecule has 2 aromatic heterocycles. The van der Waals surface area contributed by atoms with Crippen LogP contribution < -0.4 is 0 Å². The molecule has 0 aliphatic rings. The Morgan fingerprint density at radius 2 is 2.32 bits per heavy atom. The summed E-state index contributed by atoms with van der Waals surface area (Å²) < 4.78 is 5.94. The van der Waals surface area contributed by atoms with Crippen molar-refractivity contribution in [3.05, 3.63) is 18.1 Å². The zero-order chi connectivity index (χ0) is 13.7. The number of carbonyl (C=O) groups is 1. The Morgan fingerprint density at radius 3 is 3.05 bits per heavy atom. The van der Waals surface area contributed by atoms with Crippen molar-refractivity contribution in [3.63, 3.8) is 0 Å². The second kappa shape index (κ2) is 6.23. The Labute approximate surface area is 113 Å². The first-order valence-electron chi connectivity index (χ1n) is 5.54. The highest BCUT2D eigenvalue weighted by molar-refractivity contribution is 7.99. The highest BCUT2D eigenvalue weighted by Gasteiger charge is 2.12. The van der Waals surface area contributed by atoms with Gasteiger partial charge in [-0.3, -0.25) is 4.79 Å². The van der Waals surface area contributed by atoms with Crippen molar-refractivity contribution in [2.24, 2.45) is 0 Å². The molecule has 0 atom stereocenters. The second-order valence-electron chi connectivity index (χ2n) is 3.50. The first-order valence-corrected chi connectivity index (χ1v) is 6.36. The van der Waals surface area contributed by atoms with Gasteiger partial charge in [-0.15, -0.1) is 5.10 Å². The number of esters is 1. The van der Waals surface area contributed by atoms with Gasteiger partial charge in [-0.05, 0) is 34.7 Å². The number of methoxy groups -OCH3 is 1. The van der Waals surface area contributed by atoms with E-state index in [4.69, 9.17) is 0 Å². The molecule has 2 rings (SSSR count). The summed E-state index contributed by atoms with van der Waals surface area (Å²) in [6, 6.07) is 1.86. The number of hydrogen-bond acceptors (Lipinski definition) is 8. The average Bonchev–Trinajstić information content (AvgIpc) is 2.86. The molecule has 2 aromatic rings. The lowest BCUT2D eigenvalue weighted by atomic mass is 10.3. The summed E-state index contributed by atoms with van der Waals surface area (Å²) in [4.78, 5) is 19.5. The average molecular weight is 280 g/mol. The van der Waals surface area contributed by atoms with Crippen molar-refractivity contribution in [1.29, 1.82) is 0 Å². The van der Waals surface area contributed by atoms with Crippen LogP contribution in [0, 0.1) is 0 Å². The predicted molar refractivity (Wildman–Crippen MR) is 65.4 cm³/mol. The first kappa shape index (κ1) is 13.4. The van der Waals surface area contributed by atoms with Gasteiger partial charge >= 0.3 is 5.97 Å². The van der Waals surface area contributed by atoms with E-state index in [1.807, 2.05) is 13.0 Å². The minimum absolute atomic E-state index is 0.0302. The minimum atomic E-state index is -0.411. The van der Waals surface area contributed by atoms with Crippen LogP contribution in [0.15, 0.2) is 22.6 Å². The standard InChI is InChI=1S/C10H12N6O2S/c1-3-7-4-8(12-6-11-7)19-10-13-14-15-16(10)5-9(17)18-2/h4,6H,3,5H2,1-2H3. The van der Waals surface area contributed by atoms with Gasteiger partial charge < -0.3 is 4.74 Å². The zero-order valence-electron chi connectivity index (χ0n) is 10.5. The number of aryl methyl sites for hydroxylation is 1. The predicted octanol–water partition coefficient (Wildman–Crippen LogP) is 0.350. The smallest absolute Gasteiger partial charge is 0.327 e. The lowest BCUT2D eigenvalue weighted by Gasteiger charge is -2.03. The van der Waals surface area contributed by atoms with E-state index in [1.54, 1.807) is 0 Å². The maximum atomic E-state index is 11.2. The number of rotatable bonds is 5. The van der Waals surface area contributed by atoms with Crippen molar-refractivity contribution in [2.45, 2.75) is 30.1 Å². The zero-order valence-corrected chi connectivity index (χ0v) is 11.3. The molecule has 0 unspecified atom stereocenters. The molecule has 0 saturated carbocycles. The maximum Gasteiger partial charge on any atom is 0.327 e. The van der Waals surface area contributed by atoms with Crippen LogP contribution in [0.5, 0.6) is 0 Å². The molecule has 0 N–H and O–H groups in total. The summed E-state index contributed by atoms with van der Waals surface area (Å²) >= 11 is 1.27. The van der Waals surface area contributed by atoms with E-state index >= 15 is 0 Å². The quantitative estimate of drug-likeness (QED) is 0.572. The van der Waals surface area contributed by atoms with Crippen molar-refractivity contribution in [2.75, 3.05) is 7.11 Å². The lowest BCUT2D eigenvalue weighted by Crippen LogP contribution is -2.13. The molecule has 0 amide bonds. The summed E-state index contributed by atoms with van der Waals surface area (Å²) in [5, 5.41) is 12.3. The fourth-order valence-corrected chi connectivity index (χ4v) is 2.04. The lowest BCUT2D eigenvalue weighted by molar-refractivity contribution is -0.141.